The van der Waals surface area contributed by atoms with Crippen molar-refractivity contribution in [2.45, 2.75) is 26.7 Å². The fraction of sp³-hybridized carbons (Fsp3) is 0.750. The molecule has 0 aliphatic heterocycles. The predicted molar refractivity (Wildman–Crippen MR) is 38.8 cm³/mol. The standard InChI is InChI=1S/C8H12N2/c1-3-4-7(2)8(5-9)6-10/h7-8H,3-4H2,1-2H3. The second-order valence-electron chi connectivity index (χ2n) is 2.50. The van der Waals surface area contributed by atoms with Gasteiger partial charge in [0.25, 0.3) is 0 Å². The van der Waals surface area contributed by atoms with Gasteiger partial charge < -0.3 is 0 Å². The molecule has 2 nitrogen and oxygen atoms in total. The van der Waals surface area contributed by atoms with E-state index in [1.807, 2.05) is 19.1 Å². The van der Waals surface area contributed by atoms with Crippen LogP contribution in [0.15, 0.2) is 0 Å². The van der Waals surface area contributed by atoms with Crippen molar-refractivity contribution in [1.82, 2.24) is 0 Å². The summed E-state index contributed by atoms with van der Waals surface area (Å²) in [6.07, 6.45) is 2.01. The van der Waals surface area contributed by atoms with E-state index >= 15 is 0 Å². The highest BCUT2D eigenvalue weighted by molar-refractivity contribution is 5.01. The third-order valence-corrected chi connectivity index (χ3v) is 1.59. The molecule has 0 spiro atoms. The molecule has 2 heteroatoms. The first-order valence-corrected chi connectivity index (χ1v) is 3.55. The zero-order valence-corrected chi connectivity index (χ0v) is 6.46. The van der Waals surface area contributed by atoms with Gasteiger partial charge in [0, 0.05) is 0 Å². The van der Waals surface area contributed by atoms with Gasteiger partial charge in [-0.3, -0.25) is 0 Å². The molecule has 0 amide bonds. The van der Waals surface area contributed by atoms with Crippen LogP contribution in [0.3, 0.4) is 0 Å². The predicted octanol–water partition coefficient (Wildman–Crippen LogP) is 2.09. The Morgan fingerprint density at radius 2 is 1.80 bits per heavy atom. The topological polar surface area (TPSA) is 47.6 Å². The largest absolute Gasteiger partial charge is 0.197 e. The quantitative estimate of drug-likeness (QED) is 0.596. The Labute approximate surface area is 62.1 Å². The van der Waals surface area contributed by atoms with E-state index in [1.165, 1.54) is 0 Å². The zero-order chi connectivity index (χ0) is 7.98. The van der Waals surface area contributed by atoms with Crippen LogP contribution in [0.2, 0.25) is 0 Å². The van der Waals surface area contributed by atoms with Crippen molar-refractivity contribution in [2.24, 2.45) is 11.8 Å². The molecule has 0 N–H and O–H groups in total. The van der Waals surface area contributed by atoms with Crippen molar-refractivity contribution in [1.29, 1.82) is 10.5 Å². The maximum absolute atomic E-state index is 8.45. The third-order valence-electron chi connectivity index (χ3n) is 1.59. The summed E-state index contributed by atoms with van der Waals surface area (Å²) in [7, 11) is 0. The SMILES string of the molecule is CCCC(C)C(C#N)C#N. The van der Waals surface area contributed by atoms with Gasteiger partial charge in [-0.05, 0) is 12.3 Å². The molecular formula is C8H12N2. The van der Waals surface area contributed by atoms with Gasteiger partial charge in [0.15, 0.2) is 0 Å². The first-order chi connectivity index (χ1) is 4.76. The number of hydrogen-bond acceptors (Lipinski definition) is 2. The third kappa shape index (κ3) is 2.51. The summed E-state index contributed by atoms with van der Waals surface area (Å²) in [4.78, 5) is 0. The first-order valence-electron chi connectivity index (χ1n) is 3.55. The van der Waals surface area contributed by atoms with Crippen LogP contribution < -0.4 is 0 Å². The highest BCUT2D eigenvalue weighted by atomic mass is 14.3. The van der Waals surface area contributed by atoms with E-state index in [2.05, 4.69) is 6.92 Å². The fourth-order valence-electron chi connectivity index (χ4n) is 0.905. The van der Waals surface area contributed by atoms with Crippen molar-refractivity contribution in [3.05, 3.63) is 0 Å². The van der Waals surface area contributed by atoms with Crippen LogP contribution in [-0.2, 0) is 0 Å². The molecule has 0 heterocycles. The van der Waals surface area contributed by atoms with Crippen LogP contribution in [-0.4, -0.2) is 0 Å². The average Bonchev–Trinajstić information content (AvgIpc) is 1.91. The Morgan fingerprint density at radius 1 is 1.30 bits per heavy atom. The smallest absolute Gasteiger partial charge is 0.135 e. The Hall–Kier alpha value is -1.02. The molecule has 54 valence electrons. The van der Waals surface area contributed by atoms with Gasteiger partial charge in [0.05, 0.1) is 12.1 Å². The maximum atomic E-state index is 8.45. The molecule has 0 aliphatic carbocycles. The van der Waals surface area contributed by atoms with Gasteiger partial charge in [0.2, 0.25) is 0 Å². The minimum atomic E-state index is -0.417. The van der Waals surface area contributed by atoms with E-state index in [0.29, 0.717) is 0 Å². The van der Waals surface area contributed by atoms with Gasteiger partial charge in [-0.2, -0.15) is 10.5 Å². The van der Waals surface area contributed by atoms with Crippen molar-refractivity contribution in [2.75, 3.05) is 0 Å². The second kappa shape index (κ2) is 4.82. The molecule has 0 aromatic heterocycles. The van der Waals surface area contributed by atoms with E-state index in [0.717, 1.165) is 12.8 Å². The Balaban J connectivity index is 3.83. The number of nitrogens with zero attached hydrogens (tertiary/aromatic N) is 2. The van der Waals surface area contributed by atoms with Gasteiger partial charge in [0.1, 0.15) is 5.92 Å². The molecule has 0 radical (unpaired) electrons. The summed E-state index contributed by atoms with van der Waals surface area (Å²) in [6, 6.07) is 3.95. The van der Waals surface area contributed by atoms with E-state index in [-0.39, 0.29) is 5.92 Å². The van der Waals surface area contributed by atoms with Crippen molar-refractivity contribution < 1.29 is 0 Å². The monoisotopic (exact) mass is 136 g/mol. The van der Waals surface area contributed by atoms with Gasteiger partial charge >= 0.3 is 0 Å². The lowest BCUT2D eigenvalue weighted by Crippen LogP contribution is -2.06. The van der Waals surface area contributed by atoms with E-state index in [9.17, 15) is 0 Å². The van der Waals surface area contributed by atoms with Crippen LogP contribution in [0.25, 0.3) is 0 Å². The normalized spacial score (nSPS) is 12.1. The number of rotatable bonds is 3. The number of hydrogen-bond donors (Lipinski definition) is 0. The van der Waals surface area contributed by atoms with Crippen LogP contribution >= 0.6 is 0 Å². The molecule has 0 fully saturated rings. The van der Waals surface area contributed by atoms with Crippen molar-refractivity contribution >= 4 is 0 Å². The van der Waals surface area contributed by atoms with Gasteiger partial charge in [-0.15, -0.1) is 0 Å². The van der Waals surface area contributed by atoms with E-state index in [4.69, 9.17) is 10.5 Å². The molecule has 0 rings (SSSR count). The molecule has 10 heavy (non-hydrogen) atoms. The van der Waals surface area contributed by atoms with Crippen LogP contribution in [0.1, 0.15) is 26.7 Å². The van der Waals surface area contributed by atoms with Crippen LogP contribution in [0.5, 0.6) is 0 Å². The minimum absolute atomic E-state index is 0.222. The first kappa shape index (κ1) is 8.98. The lowest BCUT2D eigenvalue weighted by Gasteiger charge is -2.07. The molecular weight excluding hydrogens is 124 g/mol. The average molecular weight is 136 g/mol. The maximum Gasteiger partial charge on any atom is 0.135 e. The highest BCUT2D eigenvalue weighted by Gasteiger charge is 2.13. The molecule has 0 aromatic rings. The lowest BCUT2D eigenvalue weighted by molar-refractivity contribution is 0.470. The summed E-state index contributed by atoms with van der Waals surface area (Å²) in [5.41, 5.74) is 0. The Morgan fingerprint density at radius 3 is 2.10 bits per heavy atom. The van der Waals surface area contributed by atoms with Crippen LogP contribution in [0, 0.1) is 34.5 Å². The molecule has 0 saturated carbocycles. The molecule has 0 aliphatic rings. The van der Waals surface area contributed by atoms with Gasteiger partial charge in [-0.25, -0.2) is 0 Å². The van der Waals surface area contributed by atoms with Gasteiger partial charge in [-0.1, -0.05) is 20.3 Å². The zero-order valence-electron chi connectivity index (χ0n) is 6.46. The minimum Gasteiger partial charge on any atom is -0.197 e. The Bertz CT molecular complexity index is 147. The van der Waals surface area contributed by atoms with Crippen molar-refractivity contribution in [3.63, 3.8) is 0 Å². The van der Waals surface area contributed by atoms with Crippen molar-refractivity contribution in [3.8, 4) is 12.1 Å². The van der Waals surface area contributed by atoms with E-state index < -0.39 is 5.92 Å². The second-order valence-corrected chi connectivity index (χ2v) is 2.50. The summed E-state index contributed by atoms with van der Waals surface area (Å²) < 4.78 is 0. The Kier molecular flexibility index (Phi) is 4.33. The van der Waals surface area contributed by atoms with Crippen LogP contribution in [0.4, 0.5) is 0 Å². The number of nitriles is 2. The summed E-state index contributed by atoms with van der Waals surface area (Å²) in [6.45, 7) is 4.00. The molecule has 1 atom stereocenters. The summed E-state index contributed by atoms with van der Waals surface area (Å²) in [5, 5.41) is 16.9. The molecule has 0 aromatic carbocycles. The van der Waals surface area contributed by atoms with E-state index in [1.54, 1.807) is 0 Å². The lowest BCUT2D eigenvalue weighted by atomic mass is 9.93. The molecule has 1 unspecified atom stereocenters. The fourth-order valence-corrected chi connectivity index (χ4v) is 0.905. The highest BCUT2D eigenvalue weighted by Crippen LogP contribution is 2.14. The molecule has 0 saturated heterocycles. The summed E-state index contributed by atoms with van der Waals surface area (Å²) >= 11 is 0. The summed E-state index contributed by atoms with van der Waals surface area (Å²) in [5.74, 6) is -0.194. The molecule has 0 bridgehead atoms.